The zero-order valence-corrected chi connectivity index (χ0v) is 16.4. The zero-order valence-electron chi connectivity index (χ0n) is 15.6. The Labute approximate surface area is 170 Å². The highest BCUT2D eigenvalue weighted by Crippen LogP contribution is 2.28. The van der Waals surface area contributed by atoms with Gasteiger partial charge in [-0.2, -0.15) is 0 Å². The van der Waals surface area contributed by atoms with Crippen molar-refractivity contribution in [3.63, 3.8) is 0 Å². The van der Waals surface area contributed by atoms with Gasteiger partial charge < -0.3 is 9.73 Å². The van der Waals surface area contributed by atoms with Crippen LogP contribution in [0.15, 0.2) is 70.2 Å². The molecule has 0 aliphatic carbocycles. The molecule has 2 aromatic carbocycles. The Morgan fingerprint density at radius 3 is 2.40 bits per heavy atom. The number of amides is 1. The van der Waals surface area contributed by atoms with E-state index in [0.29, 0.717) is 16.6 Å². The van der Waals surface area contributed by atoms with Gasteiger partial charge in [-0.15, -0.1) is 0 Å². The van der Waals surface area contributed by atoms with E-state index in [9.17, 15) is 17.6 Å². The summed E-state index contributed by atoms with van der Waals surface area (Å²) >= 11 is 0. The topological polar surface area (TPSA) is 114 Å². The van der Waals surface area contributed by atoms with Crippen LogP contribution in [-0.4, -0.2) is 24.3 Å². The number of furan rings is 1. The first-order valence-corrected chi connectivity index (χ1v) is 10.2. The maximum Gasteiger partial charge on any atom is 0.291 e. The normalized spacial score (nSPS) is 11.4. The maximum atomic E-state index is 13.9. The fourth-order valence-corrected chi connectivity index (χ4v) is 3.82. The quantitative estimate of drug-likeness (QED) is 0.503. The first-order valence-electron chi connectivity index (χ1n) is 8.74. The molecule has 8 nitrogen and oxygen atoms in total. The lowest BCUT2D eigenvalue weighted by molar-refractivity contribution is 0.0997. The van der Waals surface area contributed by atoms with E-state index in [2.05, 4.69) is 20.0 Å². The Hall–Kier alpha value is -3.79. The largest absolute Gasteiger partial charge is 0.448 e. The summed E-state index contributed by atoms with van der Waals surface area (Å²) in [6, 6.07) is 11.5. The number of sulfonamides is 1. The lowest BCUT2D eigenvalue weighted by atomic mass is 10.1. The Bertz CT molecular complexity index is 1340. The molecule has 2 aromatic heterocycles. The van der Waals surface area contributed by atoms with Crippen LogP contribution in [-0.2, 0) is 10.0 Å². The van der Waals surface area contributed by atoms with Gasteiger partial charge in [-0.1, -0.05) is 12.1 Å². The van der Waals surface area contributed by atoms with E-state index in [4.69, 9.17) is 4.42 Å². The molecule has 10 heteroatoms. The summed E-state index contributed by atoms with van der Waals surface area (Å²) in [4.78, 5) is 20.2. The predicted octanol–water partition coefficient (Wildman–Crippen LogP) is 3.72. The highest BCUT2D eigenvalue weighted by molar-refractivity contribution is 7.92. The second-order valence-electron chi connectivity index (χ2n) is 6.33. The van der Waals surface area contributed by atoms with Gasteiger partial charge in [0, 0.05) is 29.0 Å². The molecular formula is C20H15FN4O4S. The Balaban J connectivity index is 1.53. The average molecular weight is 426 g/mol. The maximum absolute atomic E-state index is 13.9. The Kier molecular flexibility index (Phi) is 4.92. The number of hydrogen-bond acceptors (Lipinski definition) is 6. The SMILES string of the molecule is Cc1c(C(=O)Nc2ccc(S(=O)(=O)Nc3ncccn3)cc2)oc2c(F)cccc12. The van der Waals surface area contributed by atoms with Crippen molar-refractivity contribution in [3.8, 4) is 0 Å². The summed E-state index contributed by atoms with van der Waals surface area (Å²) in [5.74, 6) is -1.20. The number of para-hydroxylation sites is 1. The van der Waals surface area contributed by atoms with Gasteiger partial charge >= 0.3 is 0 Å². The van der Waals surface area contributed by atoms with Crippen LogP contribution in [0.4, 0.5) is 16.0 Å². The molecule has 4 rings (SSSR count). The van der Waals surface area contributed by atoms with E-state index in [0.717, 1.165) is 0 Å². The molecule has 0 saturated carbocycles. The molecule has 4 aromatic rings. The van der Waals surface area contributed by atoms with Crippen LogP contribution in [0.5, 0.6) is 0 Å². The second-order valence-corrected chi connectivity index (χ2v) is 8.01. The molecule has 0 spiro atoms. The van der Waals surface area contributed by atoms with Crippen molar-refractivity contribution >= 4 is 38.5 Å². The number of hydrogen-bond donors (Lipinski definition) is 2. The lowest BCUT2D eigenvalue weighted by Gasteiger charge is -2.08. The van der Waals surface area contributed by atoms with Crippen LogP contribution in [0.2, 0.25) is 0 Å². The number of rotatable bonds is 5. The van der Waals surface area contributed by atoms with Crippen molar-refractivity contribution < 1.29 is 22.0 Å². The Morgan fingerprint density at radius 1 is 1.03 bits per heavy atom. The van der Waals surface area contributed by atoms with Crippen molar-refractivity contribution in [2.24, 2.45) is 0 Å². The molecular weight excluding hydrogens is 411 g/mol. The van der Waals surface area contributed by atoms with Gasteiger partial charge in [0.25, 0.3) is 15.9 Å². The molecule has 2 N–H and O–H groups in total. The summed E-state index contributed by atoms with van der Waals surface area (Å²) < 4.78 is 46.4. The lowest BCUT2D eigenvalue weighted by Crippen LogP contribution is -2.15. The summed E-state index contributed by atoms with van der Waals surface area (Å²) in [6.07, 6.45) is 2.82. The molecule has 0 saturated heterocycles. The number of anilines is 2. The third-order valence-corrected chi connectivity index (χ3v) is 5.68. The van der Waals surface area contributed by atoms with Gasteiger partial charge in [0.1, 0.15) is 0 Å². The van der Waals surface area contributed by atoms with Crippen molar-refractivity contribution in [1.82, 2.24) is 9.97 Å². The third kappa shape index (κ3) is 3.72. The molecule has 2 heterocycles. The zero-order chi connectivity index (χ0) is 21.3. The first-order chi connectivity index (χ1) is 14.3. The van der Waals surface area contributed by atoms with E-state index in [1.807, 2.05) is 0 Å². The second kappa shape index (κ2) is 7.56. The van der Waals surface area contributed by atoms with Gasteiger partial charge in [0.2, 0.25) is 5.95 Å². The van der Waals surface area contributed by atoms with E-state index < -0.39 is 21.7 Å². The number of carbonyl (C=O) groups excluding carboxylic acids is 1. The minimum atomic E-state index is -3.89. The number of benzene rings is 2. The van der Waals surface area contributed by atoms with Crippen LogP contribution in [0, 0.1) is 12.7 Å². The molecule has 0 unspecified atom stereocenters. The van der Waals surface area contributed by atoms with Crippen LogP contribution in [0.25, 0.3) is 11.0 Å². The smallest absolute Gasteiger partial charge is 0.291 e. The monoisotopic (exact) mass is 426 g/mol. The Morgan fingerprint density at radius 2 is 1.73 bits per heavy atom. The van der Waals surface area contributed by atoms with Gasteiger partial charge in [0.05, 0.1) is 4.90 Å². The van der Waals surface area contributed by atoms with Crippen LogP contribution < -0.4 is 10.0 Å². The fraction of sp³-hybridized carbons (Fsp3) is 0.0500. The number of carbonyl (C=O) groups is 1. The van der Waals surface area contributed by atoms with Gasteiger partial charge in [-0.25, -0.2) is 27.5 Å². The van der Waals surface area contributed by atoms with Crippen molar-refractivity contribution in [3.05, 3.63) is 78.1 Å². The summed E-state index contributed by atoms with van der Waals surface area (Å²) in [6.45, 7) is 1.66. The van der Waals surface area contributed by atoms with Crippen molar-refractivity contribution in [2.45, 2.75) is 11.8 Å². The molecule has 0 fully saturated rings. The standard InChI is InChI=1S/C20H15FN4O4S/c1-12-15-4-2-5-16(21)18(15)29-17(12)19(26)24-13-6-8-14(9-7-13)30(27,28)25-20-22-10-3-11-23-20/h2-11H,1H3,(H,24,26)(H,22,23,25). The van der Waals surface area contributed by atoms with Crippen molar-refractivity contribution in [2.75, 3.05) is 10.0 Å². The number of aromatic nitrogens is 2. The van der Waals surface area contributed by atoms with Crippen LogP contribution >= 0.6 is 0 Å². The fourth-order valence-electron chi connectivity index (χ4n) is 2.86. The molecule has 1 amide bonds. The van der Waals surface area contributed by atoms with Crippen LogP contribution in [0.3, 0.4) is 0 Å². The molecule has 0 aliphatic heterocycles. The van der Waals surface area contributed by atoms with E-state index in [1.165, 1.54) is 48.8 Å². The van der Waals surface area contributed by atoms with E-state index in [1.54, 1.807) is 19.1 Å². The number of aryl methyl sites for hydroxylation is 1. The first kappa shape index (κ1) is 19.5. The number of fused-ring (bicyclic) bond motifs is 1. The number of nitrogens with one attached hydrogen (secondary N) is 2. The molecule has 0 aliphatic rings. The van der Waals surface area contributed by atoms with E-state index >= 15 is 0 Å². The summed E-state index contributed by atoms with van der Waals surface area (Å²) in [5, 5.41) is 3.12. The molecule has 0 atom stereocenters. The average Bonchev–Trinajstić information content (AvgIpc) is 3.07. The minimum absolute atomic E-state index is 0.01000. The third-order valence-electron chi connectivity index (χ3n) is 4.34. The highest BCUT2D eigenvalue weighted by atomic mass is 32.2. The molecule has 0 radical (unpaired) electrons. The van der Waals surface area contributed by atoms with Crippen LogP contribution in [0.1, 0.15) is 16.1 Å². The van der Waals surface area contributed by atoms with E-state index in [-0.39, 0.29) is 22.2 Å². The summed E-state index contributed by atoms with van der Waals surface area (Å²) in [7, 11) is -3.89. The van der Waals surface area contributed by atoms with Crippen molar-refractivity contribution in [1.29, 1.82) is 0 Å². The van der Waals surface area contributed by atoms with Gasteiger partial charge in [0.15, 0.2) is 17.2 Å². The van der Waals surface area contributed by atoms with Gasteiger partial charge in [-0.05, 0) is 43.3 Å². The molecule has 30 heavy (non-hydrogen) atoms. The summed E-state index contributed by atoms with van der Waals surface area (Å²) in [5.41, 5.74) is 0.860. The molecule has 0 bridgehead atoms. The number of halogens is 1. The molecule has 152 valence electrons. The number of nitrogens with zero attached hydrogens (tertiary/aromatic N) is 2. The predicted molar refractivity (Wildman–Crippen MR) is 108 cm³/mol. The minimum Gasteiger partial charge on any atom is -0.448 e. The highest BCUT2D eigenvalue weighted by Gasteiger charge is 2.20. The van der Waals surface area contributed by atoms with Gasteiger partial charge in [-0.3, -0.25) is 4.79 Å².